The van der Waals surface area contributed by atoms with Gasteiger partial charge in [-0.3, -0.25) is 9.78 Å². The molecule has 0 bridgehead atoms. The summed E-state index contributed by atoms with van der Waals surface area (Å²) in [4.78, 5) is 33.9. The van der Waals surface area contributed by atoms with E-state index in [1.807, 2.05) is 18.2 Å². The number of pyridine rings is 1. The van der Waals surface area contributed by atoms with Gasteiger partial charge in [0, 0.05) is 48.5 Å². The summed E-state index contributed by atoms with van der Waals surface area (Å²) in [7, 11) is 1.67. The van der Waals surface area contributed by atoms with Crippen LogP contribution in [0.4, 0.5) is 0 Å². The maximum atomic E-state index is 14.3. The lowest BCUT2D eigenvalue weighted by Crippen LogP contribution is -2.50. The van der Waals surface area contributed by atoms with Crippen molar-refractivity contribution in [2.24, 2.45) is 11.3 Å². The fourth-order valence-corrected chi connectivity index (χ4v) is 6.98. The molecule has 2 aromatic rings. The van der Waals surface area contributed by atoms with Crippen molar-refractivity contribution in [3.8, 4) is 5.75 Å². The van der Waals surface area contributed by atoms with E-state index in [9.17, 15) is 14.7 Å². The molecule has 1 aromatic carbocycles. The van der Waals surface area contributed by atoms with Crippen LogP contribution in [0.2, 0.25) is 0 Å². The van der Waals surface area contributed by atoms with E-state index >= 15 is 0 Å². The maximum absolute atomic E-state index is 14.3. The lowest BCUT2D eigenvalue weighted by atomic mass is 9.72. The number of carboxylic acids is 1. The smallest absolute Gasteiger partial charge is 0.326 e. The summed E-state index contributed by atoms with van der Waals surface area (Å²) >= 11 is 0. The van der Waals surface area contributed by atoms with Crippen molar-refractivity contribution in [3.05, 3.63) is 58.9 Å². The number of likely N-dealkylation sites (tertiary alicyclic amines) is 1. The molecule has 5 atom stereocenters. The number of aromatic nitrogens is 1. The number of carbonyl (C=O) groups excluding carboxylic acids is 1. The van der Waals surface area contributed by atoms with Gasteiger partial charge in [0.2, 0.25) is 0 Å². The van der Waals surface area contributed by atoms with Crippen molar-refractivity contribution in [1.82, 2.24) is 15.2 Å². The summed E-state index contributed by atoms with van der Waals surface area (Å²) in [5, 5.41) is 14.6. The quantitative estimate of drug-likeness (QED) is 0.421. The molecule has 5 rings (SSSR count). The number of methoxy groups -OCH3 is 1. The van der Waals surface area contributed by atoms with Crippen molar-refractivity contribution in [2.45, 2.75) is 109 Å². The Morgan fingerprint density at radius 3 is 2.43 bits per heavy atom. The molecule has 3 aliphatic rings. The number of nitrogens with zero attached hydrogens (tertiary/aromatic N) is 2. The number of hydrogen-bond donors (Lipinski definition) is 2. The molecule has 8 heteroatoms. The standard InChI is InChI=1S/C34H47N3O5/c1-33(2,3)22-14-15-24(41-7)21(18-22)19-36-28-26(34(4,5)6)30(32(39)40)37(31(38)25-11-9-17-42-25)29(28)23-10-8-16-35-27(23)20-12-13-20/h8,10,14-16,18,20,25-26,28-30,36H,9,11-13,17,19H2,1-7H3,(H,39,40)/t25-,26-,28-,29-,30-/m0/s1. The zero-order valence-electron chi connectivity index (χ0n) is 26.1. The first-order valence-electron chi connectivity index (χ1n) is 15.3. The average Bonchev–Trinajstić information content (AvgIpc) is 3.50. The lowest BCUT2D eigenvalue weighted by molar-refractivity contribution is -0.156. The summed E-state index contributed by atoms with van der Waals surface area (Å²) < 4.78 is 11.6. The SMILES string of the molecule is COc1ccc(C(C)(C)C)cc1CN[C@H]1[C@H](C(C)(C)C)[C@@H](C(=O)O)N(C(=O)[C@@H]2CCCO2)[C@H]1c1cccnc1C1CC1. The molecule has 2 aliphatic heterocycles. The number of nitrogens with one attached hydrogen (secondary N) is 1. The Bertz CT molecular complexity index is 1300. The molecule has 3 heterocycles. The molecular formula is C34H47N3O5. The molecule has 0 unspecified atom stereocenters. The van der Waals surface area contributed by atoms with Crippen LogP contribution in [0.3, 0.4) is 0 Å². The zero-order valence-corrected chi connectivity index (χ0v) is 26.1. The minimum Gasteiger partial charge on any atom is -0.496 e. The van der Waals surface area contributed by atoms with Crippen LogP contribution in [0.1, 0.15) is 102 Å². The Labute approximate surface area is 250 Å². The third-order valence-corrected chi connectivity index (χ3v) is 9.21. The van der Waals surface area contributed by atoms with Gasteiger partial charge in [0.1, 0.15) is 17.9 Å². The van der Waals surface area contributed by atoms with Gasteiger partial charge in [-0.05, 0) is 59.8 Å². The normalized spacial score (nSPS) is 26.5. The van der Waals surface area contributed by atoms with E-state index in [1.54, 1.807) is 18.2 Å². The second-order valence-corrected chi connectivity index (χ2v) is 14.3. The number of rotatable bonds is 8. The van der Waals surface area contributed by atoms with E-state index in [1.165, 1.54) is 5.56 Å². The van der Waals surface area contributed by atoms with E-state index in [4.69, 9.17) is 14.5 Å². The number of benzene rings is 1. The Hall–Kier alpha value is -2.97. The topological polar surface area (TPSA) is 101 Å². The number of carbonyl (C=O) groups is 2. The molecule has 1 saturated carbocycles. The average molecular weight is 578 g/mol. The van der Waals surface area contributed by atoms with Crippen LogP contribution in [0.25, 0.3) is 0 Å². The number of amides is 1. The van der Waals surface area contributed by atoms with Crippen LogP contribution < -0.4 is 10.1 Å². The second kappa shape index (κ2) is 11.6. The first-order valence-corrected chi connectivity index (χ1v) is 15.3. The molecule has 1 aliphatic carbocycles. The largest absolute Gasteiger partial charge is 0.496 e. The summed E-state index contributed by atoms with van der Waals surface area (Å²) in [5.41, 5.74) is 3.64. The molecule has 3 fully saturated rings. The highest BCUT2D eigenvalue weighted by Crippen LogP contribution is 2.51. The number of ether oxygens (including phenoxy) is 2. The molecule has 42 heavy (non-hydrogen) atoms. The molecule has 0 radical (unpaired) electrons. The summed E-state index contributed by atoms with van der Waals surface area (Å²) in [6.07, 6.45) is 4.68. The molecule has 0 spiro atoms. The summed E-state index contributed by atoms with van der Waals surface area (Å²) in [6, 6.07) is 8.35. The lowest BCUT2D eigenvalue weighted by Gasteiger charge is -2.35. The van der Waals surface area contributed by atoms with Gasteiger partial charge in [0.15, 0.2) is 0 Å². The predicted molar refractivity (Wildman–Crippen MR) is 161 cm³/mol. The summed E-state index contributed by atoms with van der Waals surface area (Å²) in [6.45, 7) is 13.8. The van der Waals surface area contributed by atoms with Crippen molar-refractivity contribution < 1.29 is 24.2 Å². The Balaban J connectivity index is 1.63. The monoisotopic (exact) mass is 577 g/mol. The fourth-order valence-electron chi connectivity index (χ4n) is 6.98. The Morgan fingerprint density at radius 2 is 1.86 bits per heavy atom. The van der Waals surface area contributed by atoms with Crippen molar-refractivity contribution in [2.75, 3.05) is 13.7 Å². The second-order valence-electron chi connectivity index (χ2n) is 14.3. The number of aliphatic carboxylic acids is 1. The van der Waals surface area contributed by atoms with Gasteiger partial charge >= 0.3 is 5.97 Å². The van der Waals surface area contributed by atoms with E-state index in [-0.39, 0.29) is 23.3 Å². The first-order chi connectivity index (χ1) is 19.8. The summed E-state index contributed by atoms with van der Waals surface area (Å²) in [5.74, 6) is -0.489. The van der Waals surface area contributed by atoms with E-state index in [0.717, 1.165) is 41.8 Å². The predicted octanol–water partition coefficient (Wildman–Crippen LogP) is 5.60. The fraction of sp³-hybridized carbons (Fsp3) is 0.618. The van der Waals surface area contributed by atoms with Crippen LogP contribution in [-0.2, 0) is 26.3 Å². The van der Waals surface area contributed by atoms with Gasteiger partial charge in [-0.25, -0.2) is 4.79 Å². The van der Waals surface area contributed by atoms with Gasteiger partial charge in [-0.2, -0.15) is 0 Å². The van der Waals surface area contributed by atoms with Gasteiger partial charge in [0.05, 0.1) is 13.2 Å². The first kappa shape index (κ1) is 30.5. The molecule has 2 saturated heterocycles. The molecule has 1 amide bonds. The maximum Gasteiger partial charge on any atom is 0.326 e. The Morgan fingerprint density at radius 1 is 1.12 bits per heavy atom. The van der Waals surface area contributed by atoms with Crippen molar-refractivity contribution >= 4 is 11.9 Å². The van der Waals surface area contributed by atoms with Gasteiger partial charge in [0.25, 0.3) is 5.91 Å². The number of hydrogen-bond acceptors (Lipinski definition) is 6. The third-order valence-electron chi connectivity index (χ3n) is 9.21. The molecule has 228 valence electrons. The van der Waals surface area contributed by atoms with E-state index < -0.39 is 29.6 Å². The van der Waals surface area contributed by atoms with Crippen LogP contribution in [-0.4, -0.2) is 58.8 Å². The van der Waals surface area contributed by atoms with E-state index in [2.05, 4.69) is 59.0 Å². The van der Waals surface area contributed by atoms with Crippen LogP contribution in [0, 0.1) is 11.3 Å². The molecule has 2 N–H and O–H groups in total. The van der Waals surface area contributed by atoms with Crippen molar-refractivity contribution in [1.29, 1.82) is 0 Å². The number of carboxylic acid groups (broad SMARTS) is 1. The van der Waals surface area contributed by atoms with Crippen LogP contribution in [0.15, 0.2) is 36.5 Å². The van der Waals surface area contributed by atoms with E-state index in [0.29, 0.717) is 25.5 Å². The molecule has 1 aromatic heterocycles. The molecule has 8 nitrogen and oxygen atoms in total. The minimum atomic E-state index is -1.01. The minimum absolute atomic E-state index is 0.0430. The van der Waals surface area contributed by atoms with Gasteiger partial charge < -0.3 is 24.8 Å². The van der Waals surface area contributed by atoms with Gasteiger partial charge in [-0.15, -0.1) is 0 Å². The van der Waals surface area contributed by atoms with Crippen LogP contribution >= 0.6 is 0 Å². The van der Waals surface area contributed by atoms with Gasteiger partial charge in [-0.1, -0.05) is 59.7 Å². The highest BCUT2D eigenvalue weighted by molar-refractivity contribution is 5.88. The van der Waals surface area contributed by atoms with Crippen molar-refractivity contribution in [3.63, 3.8) is 0 Å². The third kappa shape index (κ3) is 5.93. The van der Waals surface area contributed by atoms with Crippen LogP contribution in [0.5, 0.6) is 5.75 Å². The Kier molecular flexibility index (Phi) is 8.42. The zero-order chi connectivity index (χ0) is 30.4. The molecular weight excluding hydrogens is 530 g/mol. The highest BCUT2D eigenvalue weighted by Gasteiger charge is 2.59. The highest BCUT2D eigenvalue weighted by atomic mass is 16.5.